The van der Waals surface area contributed by atoms with Gasteiger partial charge in [-0.3, -0.25) is 9.59 Å². The van der Waals surface area contributed by atoms with E-state index < -0.39 is 17.0 Å². The molecule has 0 unspecified atom stereocenters. The molecule has 0 heterocycles. The number of nitrogens with one attached hydrogen (secondary N) is 1. The van der Waals surface area contributed by atoms with Gasteiger partial charge in [-0.1, -0.05) is 30.3 Å². The Labute approximate surface area is 134 Å². The SMILES string of the molecule is C[C@@H]([C@H](O)c1ccccc1)N(C)c1c(NCCCO)c(=O)c1=O. The first-order chi connectivity index (χ1) is 11.0. The van der Waals surface area contributed by atoms with E-state index in [1.165, 1.54) is 0 Å². The highest BCUT2D eigenvalue weighted by Crippen LogP contribution is 2.26. The van der Waals surface area contributed by atoms with Crippen LogP contribution in [0.4, 0.5) is 11.4 Å². The molecule has 0 radical (unpaired) electrons. The summed E-state index contributed by atoms with van der Waals surface area (Å²) in [5, 5.41) is 22.2. The summed E-state index contributed by atoms with van der Waals surface area (Å²) in [5.41, 5.74) is 0.200. The van der Waals surface area contributed by atoms with Crippen molar-refractivity contribution in [2.75, 3.05) is 30.4 Å². The minimum absolute atomic E-state index is 0.0106. The molecule has 2 aromatic carbocycles. The van der Waals surface area contributed by atoms with Crippen LogP contribution in [0, 0.1) is 0 Å². The summed E-state index contributed by atoms with van der Waals surface area (Å²) >= 11 is 0. The van der Waals surface area contributed by atoms with Crippen LogP contribution < -0.4 is 21.1 Å². The van der Waals surface area contributed by atoms with Crippen molar-refractivity contribution in [2.45, 2.75) is 25.5 Å². The fraction of sp³-hybridized carbons (Fsp3) is 0.412. The Morgan fingerprint density at radius 1 is 1.17 bits per heavy atom. The molecule has 0 spiro atoms. The monoisotopic (exact) mass is 318 g/mol. The van der Waals surface area contributed by atoms with Crippen LogP contribution in [0.5, 0.6) is 0 Å². The fourth-order valence-electron chi connectivity index (χ4n) is 2.52. The second-order valence-corrected chi connectivity index (χ2v) is 5.59. The van der Waals surface area contributed by atoms with Crippen molar-refractivity contribution in [1.82, 2.24) is 0 Å². The van der Waals surface area contributed by atoms with Crippen molar-refractivity contribution in [3.63, 3.8) is 0 Å². The predicted molar refractivity (Wildman–Crippen MR) is 90.8 cm³/mol. The lowest BCUT2D eigenvalue weighted by molar-refractivity contribution is 0.151. The van der Waals surface area contributed by atoms with Crippen LogP contribution in [-0.4, -0.2) is 36.5 Å². The molecule has 6 nitrogen and oxygen atoms in total. The summed E-state index contributed by atoms with van der Waals surface area (Å²) in [5.74, 6) is 0. The first-order valence-corrected chi connectivity index (χ1v) is 7.63. The van der Waals surface area contributed by atoms with Crippen LogP contribution >= 0.6 is 0 Å². The van der Waals surface area contributed by atoms with Gasteiger partial charge in [0.15, 0.2) is 0 Å². The van der Waals surface area contributed by atoms with Crippen molar-refractivity contribution in [1.29, 1.82) is 0 Å². The number of hydrogen-bond acceptors (Lipinski definition) is 6. The van der Waals surface area contributed by atoms with Gasteiger partial charge in [0.25, 0.3) is 10.9 Å². The summed E-state index contributed by atoms with van der Waals surface area (Å²) in [6.45, 7) is 2.22. The van der Waals surface area contributed by atoms with Gasteiger partial charge in [0.2, 0.25) is 0 Å². The third-order valence-corrected chi connectivity index (χ3v) is 4.08. The fourth-order valence-corrected chi connectivity index (χ4v) is 2.52. The highest BCUT2D eigenvalue weighted by Gasteiger charge is 2.29. The standard InChI is InChI=1S/C17H22N2O4/c1-11(15(21)12-7-4-3-5-8-12)19(2)14-13(16(22)17(14)23)18-9-6-10-20/h3-5,7-8,11,15,18,20-21H,6,9-10H2,1-2H3/t11-,15-/m0/s1. The quantitative estimate of drug-likeness (QED) is 0.489. The summed E-state index contributed by atoms with van der Waals surface area (Å²) in [4.78, 5) is 25.2. The summed E-state index contributed by atoms with van der Waals surface area (Å²) in [6.07, 6.45) is -0.291. The number of aliphatic hydroxyl groups is 2. The molecule has 0 bridgehead atoms. The van der Waals surface area contributed by atoms with E-state index in [9.17, 15) is 14.7 Å². The lowest BCUT2D eigenvalue weighted by Crippen LogP contribution is -2.46. The number of nitrogens with zero attached hydrogens (tertiary/aromatic N) is 1. The predicted octanol–water partition coefficient (Wildman–Crippen LogP) is 0.635. The number of rotatable bonds is 8. The smallest absolute Gasteiger partial charge is 0.253 e. The van der Waals surface area contributed by atoms with E-state index in [4.69, 9.17) is 5.11 Å². The average molecular weight is 318 g/mol. The molecule has 2 rings (SSSR count). The van der Waals surface area contributed by atoms with Crippen LogP contribution in [0.3, 0.4) is 0 Å². The Kier molecular flexibility index (Phi) is 5.52. The van der Waals surface area contributed by atoms with E-state index in [0.29, 0.717) is 13.0 Å². The summed E-state index contributed by atoms with van der Waals surface area (Å²) < 4.78 is 0. The third kappa shape index (κ3) is 3.43. The minimum Gasteiger partial charge on any atom is -0.396 e. The van der Waals surface area contributed by atoms with E-state index >= 15 is 0 Å². The zero-order valence-electron chi connectivity index (χ0n) is 13.3. The van der Waals surface area contributed by atoms with Gasteiger partial charge < -0.3 is 20.4 Å². The molecule has 23 heavy (non-hydrogen) atoms. The van der Waals surface area contributed by atoms with Crippen LogP contribution in [-0.2, 0) is 0 Å². The van der Waals surface area contributed by atoms with Gasteiger partial charge >= 0.3 is 0 Å². The molecule has 6 heteroatoms. The molecular weight excluding hydrogens is 296 g/mol. The van der Waals surface area contributed by atoms with Gasteiger partial charge in [-0.05, 0) is 18.9 Å². The Morgan fingerprint density at radius 3 is 2.43 bits per heavy atom. The van der Waals surface area contributed by atoms with Gasteiger partial charge in [-0.15, -0.1) is 0 Å². The van der Waals surface area contributed by atoms with E-state index in [1.807, 2.05) is 30.3 Å². The van der Waals surface area contributed by atoms with Crippen molar-refractivity contribution >= 4 is 11.4 Å². The maximum atomic E-state index is 11.9. The maximum absolute atomic E-state index is 11.9. The Morgan fingerprint density at radius 2 is 1.83 bits per heavy atom. The topological polar surface area (TPSA) is 89.9 Å². The van der Waals surface area contributed by atoms with E-state index in [2.05, 4.69) is 5.32 Å². The van der Waals surface area contributed by atoms with Gasteiger partial charge in [0.05, 0.1) is 12.1 Å². The summed E-state index contributed by atoms with van der Waals surface area (Å²) in [6, 6.07) is 8.80. The first kappa shape index (κ1) is 17.2. The van der Waals surface area contributed by atoms with E-state index in [-0.39, 0.29) is 24.0 Å². The maximum Gasteiger partial charge on any atom is 0.253 e. The van der Waals surface area contributed by atoms with Gasteiger partial charge in [-0.2, -0.15) is 0 Å². The number of benzene rings is 1. The largest absolute Gasteiger partial charge is 0.396 e. The van der Waals surface area contributed by atoms with Crippen molar-refractivity contribution in [3.8, 4) is 0 Å². The zero-order chi connectivity index (χ0) is 17.0. The molecule has 0 aromatic heterocycles. The highest BCUT2D eigenvalue weighted by molar-refractivity contribution is 5.75. The van der Waals surface area contributed by atoms with E-state index in [0.717, 1.165) is 5.56 Å². The van der Waals surface area contributed by atoms with Crippen molar-refractivity contribution in [3.05, 3.63) is 56.3 Å². The molecule has 0 aliphatic heterocycles. The number of hydrogen-bond donors (Lipinski definition) is 3. The number of aliphatic hydroxyl groups excluding tert-OH is 2. The van der Waals surface area contributed by atoms with Crippen molar-refractivity contribution < 1.29 is 10.2 Å². The van der Waals surface area contributed by atoms with Crippen LogP contribution in [0.25, 0.3) is 0 Å². The van der Waals surface area contributed by atoms with Crippen LogP contribution in [0.15, 0.2) is 39.9 Å². The molecule has 3 N–H and O–H groups in total. The lowest BCUT2D eigenvalue weighted by atomic mass is 10.0. The molecule has 2 atom stereocenters. The van der Waals surface area contributed by atoms with Crippen LogP contribution in [0.2, 0.25) is 0 Å². The molecular formula is C17H22N2O4. The first-order valence-electron chi connectivity index (χ1n) is 7.63. The van der Waals surface area contributed by atoms with Gasteiger partial charge in [0.1, 0.15) is 11.4 Å². The Balaban J connectivity index is 2.17. The molecule has 2 aromatic rings. The number of likely N-dealkylation sites (N-methyl/N-ethyl adjacent to an activating group) is 1. The normalized spacial score (nSPS) is 13.7. The van der Waals surface area contributed by atoms with Gasteiger partial charge in [-0.25, -0.2) is 0 Å². The Hall–Kier alpha value is -2.18. The number of anilines is 2. The van der Waals surface area contributed by atoms with Crippen molar-refractivity contribution in [2.24, 2.45) is 0 Å². The lowest BCUT2D eigenvalue weighted by Gasteiger charge is -2.32. The molecule has 124 valence electrons. The van der Waals surface area contributed by atoms with E-state index in [1.54, 1.807) is 18.9 Å². The molecule has 0 amide bonds. The second kappa shape index (κ2) is 7.39. The average Bonchev–Trinajstić information content (AvgIpc) is 2.59. The summed E-state index contributed by atoms with van der Waals surface area (Å²) in [7, 11) is 1.68. The third-order valence-electron chi connectivity index (χ3n) is 4.08. The molecule has 0 aliphatic rings. The Bertz CT molecular complexity index is 707. The second-order valence-electron chi connectivity index (χ2n) is 5.59. The molecule has 0 saturated carbocycles. The zero-order valence-corrected chi connectivity index (χ0v) is 13.3. The minimum atomic E-state index is -0.782. The highest BCUT2D eigenvalue weighted by atomic mass is 16.3. The van der Waals surface area contributed by atoms with Gasteiger partial charge in [0, 0.05) is 20.2 Å². The molecule has 0 fully saturated rings. The molecule has 0 saturated heterocycles. The molecule has 0 aliphatic carbocycles. The van der Waals surface area contributed by atoms with Crippen LogP contribution in [0.1, 0.15) is 25.0 Å².